The Morgan fingerprint density at radius 1 is 0.468 bits per heavy atom. The quantitative estimate of drug-likeness (QED) is 0.149. The van der Waals surface area contributed by atoms with E-state index in [1.54, 1.807) is 0 Å². The van der Waals surface area contributed by atoms with E-state index in [0.29, 0.717) is 11.0 Å². The van der Waals surface area contributed by atoms with Crippen molar-refractivity contribution in [1.82, 2.24) is 4.57 Å². The summed E-state index contributed by atoms with van der Waals surface area (Å²) in [6.45, 7) is 0. The second-order valence-electron chi connectivity index (χ2n) is 12.4. The first-order chi connectivity index (χ1) is 23.3. The van der Waals surface area contributed by atoms with E-state index in [9.17, 15) is 4.79 Å². The molecule has 10 rings (SSSR count). The van der Waals surface area contributed by atoms with Gasteiger partial charge in [0.25, 0.3) is 0 Å². The van der Waals surface area contributed by atoms with Crippen molar-refractivity contribution in [1.29, 1.82) is 0 Å². The van der Waals surface area contributed by atoms with Crippen LogP contribution < -0.4 is 5.63 Å². The van der Waals surface area contributed by atoms with E-state index < -0.39 is 5.41 Å². The first-order valence-electron chi connectivity index (χ1n) is 16.0. The van der Waals surface area contributed by atoms with E-state index in [-0.39, 0.29) is 5.63 Å². The summed E-state index contributed by atoms with van der Waals surface area (Å²) in [5.41, 5.74) is 10.1. The molecule has 47 heavy (non-hydrogen) atoms. The fourth-order valence-corrected chi connectivity index (χ4v) is 8.30. The molecule has 0 saturated carbocycles. The third-order valence-corrected chi connectivity index (χ3v) is 10.1. The highest BCUT2D eigenvalue weighted by Crippen LogP contribution is 2.58. The Morgan fingerprint density at radius 2 is 1.06 bits per heavy atom. The summed E-state index contributed by atoms with van der Waals surface area (Å²) < 4.78 is 8.60. The highest BCUT2D eigenvalue weighted by Gasteiger charge is 2.47. The van der Waals surface area contributed by atoms with Gasteiger partial charge < -0.3 is 8.98 Å². The average Bonchev–Trinajstić information content (AvgIpc) is 3.64. The lowest BCUT2D eigenvalue weighted by Crippen LogP contribution is -2.28. The van der Waals surface area contributed by atoms with Gasteiger partial charge in [0.15, 0.2) is 5.58 Å². The van der Waals surface area contributed by atoms with E-state index in [1.165, 1.54) is 33.4 Å². The monoisotopic (exact) mass is 601 g/mol. The summed E-state index contributed by atoms with van der Waals surface area (Å²) in [6.07, 6.45) is 0. The molecule has 3 nitrogen and oxygen atoms in total. The van der Waals surface area contributed by atoms with Crippen molar-refractivity contribution in [3.05, 3.63) is 196 Å². The maximum atomic E-state index is 13.5. The molecule has 3 heteroatoms. The normalized spacial score (nSPS) is 13.4. The van der Waals surface area contributed by atoms with Gasteiger partial charge >= 0.3 is 5.63 Å². The molecule has 9 aromatic rings. The number of rotatable bonds is 3. The topological polar surface area (TPSA) is 35.1 Å². The molecule has 0 radical (unpaired) electrons. The number of para-hydroxylation sites is 1. The Kier molecular flexibility index (Phi) is 5.35. The Bertz CT molecular complexity index is 2710. The van der Waals surface area contributed by atoms with Crippen molar-refractivity contribution in [3.63, 3.8) is 0 Å². The van der Waals surface area contributed by atoms with Gasteiger partial charge in [-0.25, -0.2) is 4.79 Å². The molecule has 0 N–H and O–H groups in total. The first-order valence-corrected chi connectivity index (χ1v) is 16.0. The zero-order chi connectivity index (χ0) is 31.1. The van der Waals surface area contributed by atoms with E-state index >= 15 is 0 Å². The summed E-state index contributed by atoms with van der Waals surface area (Å²) in [4.78, 5) is 13.5. The Morgan fingerprint density at radius 3 is 1.83 bits per heavy atom. The third kappa shape index (κ3) is 3.38. The second kappa shape index (κ2) is 9.65. The zero-order valence-corrected chi connectivity index (χ0v) is 25.4. The summed E-state index contributed by atoms with van der Waals surface area (Å²) >= 11 is 0. The standard InChI is InChI=1S/C44H27NO2/c46-43-34-20-8-7-18-30(34)33-27-26-32-31-19-10-12-24-38(31)45(41(32)42(33)47-43)39-25-13-23-37-40(39)35-21-9-11-22-36(35)44(37,28-14-3-1-4-15-28)29-16-5-2-6-17-29/h1-27H. The van der Waals surface area contributed by atoms with Crippen LogP contribution in [0.15, 0.2) is 173 Å². The van der Waals surface area contributed by atoms with Crippen molar-refractivity contribution in [2.75, 3.05) is 0 Å². The molecule has 0 fully saturated rings. The van der Waals surface area contributed by atoms with Crippen LogP contribution in [0, 0.1) is 0 Å². The molecule has 0 bridgehead atoms. The van der Waals surface area contributed by atoms with Crippen LogP contribution in [-0.4, -0.2) is 4.57 Å². The maximum absolute atomic E-state index is 13.5. The van der Waals surface area contributed by atoms with E-state index in [2.05, 4.69) is 144 Å². The van der Waals surface area contributed by atoms with Gasteiger partial charge in [-0.15, -0.1) is 0 Å². The van der Waals surface area contributed by atoms with Crippen molar-refractivity contribution < 1.29 is 4.42 Å². The van der Waals surface area contributed by atoms with Crippen molar-refractivity contribution in [2.24, 2.45) is 0 Å². The third-order valence-electron chi connectivity index (χ3n) is 10.1. The van der Waals surface area contributed by atoms with E-state index in [4.69, 9.17) is 4.42 Å². The number of nitrogens with zero attached hydrogens (tertiary/aromatic N) is 1. The minimum absolute atomic E-state index is 0.326. The van der Waals surface area contributed by atoms with Crippen LogP contribution in [0.3, 0.4) is 0 Å². The van der Waals surface area contributed by atoms with Gasteiger partial charge in [-0.1, -0.05) is 140 Å². The van der Waals surface area contributed by atoms with Crippen molar-refractivity contribution in [3.8, 4) is 16.8 Å². The van der Waals surface area contributed by atoms with Crippen LogP contribution in [-0.2, 0) is 5.41 Å². The lowest BCUT2D eigenvalue weighted by molar-refractivity contribution is 0.572. The Balaban J connectivity index is 1.41. The predicted molar refractivity (Wildman–Crippen MR) is 192 cm³/mol. The summed E-state index contributed by atoms with van der Waals surface area (Å²) in [7, 11) is 0. The van der Waals surface area contributed by atoms with Gasteiger partial charge in [-0.2, -0.15) is 0 Å². The Hall–Kier alpha value is -6.19. The molecule has 0 atom stereocenters. The summed E-state index contributed by atoms with van der Waals surface area (Å²) in [5, 5.41) is 4.57. The molecule has 0 spiro atoms. The molecule has 2 heterocycles. The number of hydrogen-bond acceptors (Lipinski definition) is 2. The lowest BCUT2D eigenvalue weighted by Gasteiger charge is -2.34. The summed E-state index contributed by atoms with van der Waals surface area (Å²) in [5.74, 6) is 0. The van der Waals surface area contributed by atoms with Crippen LogP contribution in [0.1, 0.15) is 22.3 Å². The molecular formula is C44H27NO2. The van der Waals surface area contributed by atoms with Crippen LogP contribution in [0.2, 0.25) is 0 Å². The SMILES string of the molecule is O=c1oc2c(ccc3c4ccccc4n(-c4cccc5c4-c4ccccc4C5(c4ccccc4)c4ccccc4)c32)c2ccccc12. The van der Waals surface area contributed by atoms with Gasteiger partial charge in [-0.05, 0) is 57.5 Å². The van der Waals surface area contributed by atoms with Crippen LogP contribution in [0.25, 0.3) is 60.4 Å². The molecule has 0 aliphatic heterocycles. The molecule has 7 aromatic carbocycles. The minimum Gasteiger partial charge on any atom is -0.420 e. The van der Waals surface area contributed by atoms with E-state index in [1.807, 2.05) is 24.3 Å². The highest BCUT2D eigenvalue weighted by atomic mass is 16.4. The zero-order valence-electron chi connectivity index (χ0n) is 25.4. The van der Waals surface area contributed by atoms with Crippen LogP contribution >= 0.6 is 0 Å². The highest BCUT2D eigenvalue weighted by molar-refractivity contribution is 6.21. The molecule has 0 unspecified atom stereocenters. The molecule has 1 aliphatic rings. The van der Waals surface area contributed by atoms with Gasteiger partial charge in [0.2, 0.25) is 0 Å². The number of benzene rings is 7. The largest absolute Gasteiger partial charge is 0.420 e. The number of aromatic nitrogens is 1. The molecule has 1 aliphatic carbocycles. The smallest absolute Gasteiger partial charge is 0.344 e. The van der Waals surface area contributed by atoms with Crippen molar-refractivity contribution >= 4 is 43.5 Å². The fourth-order valence-electron chi connectivity index (χ4n) is 8.30. The molecule has 2 aromatic heterocycles. The maximum Gasteiger partial charge on any atom is 0.344 e. The van der Waals surface area contributed by atoms with Gasteiger partial charge in [0, 0.05) is 21.7 Å². The number of hydrogen-bond donors (Lipinski definition) is 0. The predicted octanol–water partition coefficient (Wildman–Crippen LogP) is 10.4. The van der Waals surface area contributed by atoms with Gasteiger partial charge in [0.05, 0.1) is 27.5 Å². The second-order valence-corrected chi connectivity index (χ2v) is 12.4. The fraction of sp³-hybridized carbons (Fsp3) is 0.0227. The lowest BCUT2D eigenvalue weighted by atomic mass is 9.68. The van der Waals surface area contributed by atoms with Crippen LogP contribution in [0.5, 0.6) is 0 Å². The van der Waals surface area contributed by atoms with Crippen LogP contribution in [0.4, 0.5) is 0 Å². The molecule has 220 valence electrons. The average molecular weight is 602 g/mol. The number of fused-ring (bicyclic) bond motifs is 10. The van der Waals surface area contributed by atoms with Gasteiger partial charge in [0.1, 0.15) is 0 Å². The molecule has 0 saturated heterocycles. The van der Waals surface area contributed by atoms with Crippen molar-refractivity contribution in [2.45, 2.75) is 5.41 Å². The summed E-state index contributed by atoms with van der Waals surface area (Å²) in [6, 6.07) is 57.7. The van der Waals surface area contributed by atoms with Gasteiger partial charge in [-0.3, -0.25) is 0 Å². The minimum atomic E-state index is -0.520. The first kappa shape index (κ1) is 26.1. The van der Waals surface area contributed by atoms with E-state index in [0.717, 1.165) is 38.3 Å². The molecule has 0 amide bonds. The molecular weight excluding hydrogens is 574 g/mol. The Labute approximate surface area is 270 Å².